The Bertz CT molecular complexity index is 25.2. The summed E-state index contributed by atoms with van der Waals surface area (Å²) in [6.45, 7) is 10.0. The Morgan fingerprint density at radius 2 is 1.00 bits per heavy atom. The number of allylic oxidation sites excluding steroid dienone is 2. The summed E-state index contributed by atoms with van der Waals surface area (Å²) in [7, 11) is 0. The van der Waals surface area contributed by atoms with Crippen molar-refractivity contribution in [1.29, 1.82) is 0 Å². The summed E-state index contributed by atoms with van der Waals surface area (Å²) < 4.78 is 0. The molecule has 1 heteroatoms. The number of hydrogen-bond acceptors (Lipinski definition) is 0. The van der Waals surface area contributed by atoms with Gasteiger partial charge in [0, 0.05) is 32.7 Å². The topological polar surface area (TPSA) is 0 Å². The summed E-state index contributed by atoms with van der Waals surface area (Å²) in [4.78, 5) is 0. The third-order valence-corrected chi connectivity index (χ3v) is 0. The van der Waals surface area contributed by atoms with Crippen LogP contribution >= 0.6 is 0 Å². The van der Waals surface area contributed by atoms with E-state index in [0.717, 1.165) is 0 Å². The van der Waals surface area contributed by atoms with Crippen molar-refractivity contribution in [3.05, 3.63) is 25.3 Å². The van der Waals surface area contributed by atoms with Crippen LogP contribution < -0.4 is 0 Å². The molecule has 0 heterocycles. The average Bonchev–Trinajstić information content (AvgIpc) is 1.39. The van der Waals surface area contributed by atoms with E-state index in [1.807, 2.05) is 0 Å². The molecule has 0 spiro atoms. The van der Waals surface area contributed by atoms with E-state index in [2.05, 4.69) is 25.3 Å². The molecular formula is C6H10Y-2. The van der Waals surface area contributed by atoms with Gasteiger partial charge in [-0.25, -0.2) is 0 Å². The Kier molecular flexibility index (Phi) is 68.7. The minimum absolute atomic E-state index is 0. The molecule has 0 aromatic heterocycles. The number of hydrogen-bond donors (Lipinski definition) is 0. The summed E-state index contributed by atoms with van der Waals surface area (Å²) in [6.07, 6.45) is 5.00. The Morgan fingerprint density at radius 1 is 1.00 bits per heavy atom. The van der Waals surface area contributed by atoms with Gasteiger partial charge in [-0.2, -0.15) is 13.8 Å². The maximum absolute atomic E-state index is 3.24. The van der Waals surface area contributed by atoms with Crippen LogP contribution in [0.1, 0.15) is 13.8 Å². The molecule has 0 aliphatic rings. The van der Waals surface area contributed by atoms with Crippen molar-refractivity contribution in [1.82, 2.24) is 0 Å². The Labute approximate surface area is 71.6 Å². The predicted molar refractivity (Wildman–Crippen MR) is 29.1 cm³/mol. The van der Waals surface area contributed by atoms with E-state index in [0.29, 0.717) is 0 Å². The quantitative estimate of drug-likeness (QED) is 0.489. The molecule has 0 aromatic carbocycles. The molecule has 1 radical (unpaired) electrons. The molecule has 7 heavy (non-hydrogen) atoms. The molecule has 0 unspecified atom stereocenters. The van der Waals surface area contributed by atoms with Crippen LogP contribution in [0.2, 0.25) is 0 Å². The first-order valence-electron chi connectivity index (χ1n) is 1.71. The summed E-state index contributed by atoms with van der Waals surface area (Å²) in [5, 5.41) is 0. The maximum Gasteiger partial charge on any atom is 0 e. The van der Waals surface area contributed by atoms with Crippen LogP contribution in [0, 0.1) is 12.2 Å². The molecule has 39 valence electrons. The fraction of sp³-hybridized carbons (Fsp3) is 0.333. The van der Waals surface area contributed by atoms with Crippen molar-refractivity contribution < 1.29 is 32.7 Å². The van der Waals surface area contributed by atoms with Gasteiger partial charge in [0.2, 0.25) is 0 Å². The summed E-state index contributed by atoms with van der Waals surface area (Å²) in [6, 6.07) is 0. The van der Waals surface area contributed by atoms with Gasteiger partial charge in [0.15, 0.2) is 0 Å². The van der Waals surface area contributed by atoms with Crippen molar-refractivity contribution in [2.45, 2.75) is 13.8 Å². The zero-order valence-electron chi connectivity index (χ0n) is 4.99. The molecule has 0 N–H and O–H groups in total. The van der Waals surface area contributed by atoms with Crippen molar-refractivity contribution in [2.75, 3.05) is 0 Å². The zero-order chi connectivity index (χ0) is 5.41. The van der Waals surface area contributed by atoms with Gasteiger partial charge in [0.05, 0.1) is 0 Å². The summed E-state index contributed by atoms with van der Waals surface area (Å²) in [5.41, 5.74) is 0. The third kappa shape index (κ3) is 406. The van der Waals surface area contributed by atoms with E-state index in [1.165, 1.54) is 0 Å². The van der Waals surface area contributed by atoms with Gasteiger partial charge >= 0.3 is 0 Å². The van der Waals surface area contributed by atoms with Crippen LogP contribution in [-0.4, -0.2) is 0 Å². The van der Waals surface area contributed by atoms with Crippen LogP contribution in [0.25, 0.3) is 0 Å². The molecule has 0 fully saturated rings. The van der Waals surface area contributed by atoms with Crippen LogP contribution in [0.5, 0.6) is 0 Å². The normalized spacial score (nSPS) is 3.71. The second-order valence-electron chi connectivity index (χ2n) is 0.707. The largest absolute Gasteiger partial charge is 0.507 e. The fourth-order valence-corrected chi connectivity index (χ4v) is 0. The first-order chi connectivity index (χ1) is 2.83. The Hall–Kier alpha value is 0.584. The molecule has 0 saturated carbocycles. The fourth-order valence-electron chi connectivity index (χ4n) is 0. The van der Waals surface area contributed by atoms with Crippen molar-refractivity contribution >= 4 is 0 Å². The van der Waals surface area contributed by atoms with Crippen molar-refractivity contribution in [3.63, 3.8) is 0 Å². The molecule has 0 amide bonds. The standard InChI is InChI=1S/2C3H5.Y/c2*1-3-2;/h2*1H2,2H3;/q2*-1;. The predicted octanol–water partition coefficient (Wildman–Crippen LogP) is 1.99. The van der Waals surface area contributed by atoms with E-state index >= 15 is 0 Å². The van der Waals surface area contributed by atoms with Crippen LogP contribution in [0.4, 0.5) is 0 Å². The zero-order valence-corrected chi connectivity index (χ0v) is 7.83. The third-order valence-electron chi connectivity index (χ3n) is 0. The van der Waals surface area contributed by atoms with Gasteiger partial charge in [0.1, 0.15) is 0 Å². The van der Waals surface area contributed by atoms with E-state index in [9.17, 15) is 0 Å². The second-order valence-corrected chi connectivity index (χ2v) is 0.707. The van der Waals surface area contributed by atoms with E-state index < -0.39 is 0 Å². The molecule has 0 nitrogen and oxygen atoms in total. The molecule has 0 atom stereocenters. The first-order valence-corrected chi connectivity index (χ1v) is 1.71. The molecular weight excluding hydrogens is 161 g/mol. The van der Waals surface area contributed by atoms with Crippen LogP contribution in [0.3, 0.4) is 0 Å². The molecule has 0 saturated heterocycles. The molecule has 0 aliphatic carbocycles. The summed E-state index contributed by atoms with van der Waals surface area (Å²) >= 11 is 0. The summed E-state index contributed by atoms with van der Waals surface area (Å²) in [5.74, 6) is 0. The van der Waals surface area contributed by atoms with Gasteiger partial charge in [-0.1, -0.05) is 0 Å². The SMILES string of the molecule is C=[C-]C.C=[C-]C.[Y]. The van der Waals surface area contributed by atoms with E-state index in [4.69, 9.17) is 0 Å². The van der Waals surface area contributed by atoms with Crippen LogP contribution in [-0.2, 0) is 32.7 Å². The van der Waals surface area contributed by atoms with Gasteiger partial charge in [-0.15, -0.1) is 0 Å². The van der Waals surface area contributed by atoms with Gasteiger partial charge in [0.25, 0.3) is 0 Å². The second kappa shape index (κ2) is 30.7. The van der Waals surface area contributed by atoms with Crippen molar-refractivity contribution in [3.8, 4) is 0 Å². The van der Waals surface area contributed by atoms with E-state index in [-0.39, 0.29) is 32.7 Å². The molecule has 0 rings (SSSR count). The minimum atomic E-state index is 0. The first kappa shape index (κ1) is 15.6. The monoisotopic (exact) mass is 171 g/mol. The van der Waals surface area contributed by atoms with Gasteiger partial charge < -0.3 is 12.2 Å². The maximum atomic E-state index is 3.24. The number of rotatable bonds is 0. The minimum Gasteiger partial charge on any atom is -0.507 e. The van der Waals surface area contributed by atoms with Gasteiger partial charge in [-0.3, -0.25) is 13.2 Å². The van der Waals surface area contributed by atoms with Crippen LogP contribution in [0.15, 0.2) is 13.2 Å². The molecule has 0 bridgehead atoms. The molecule has 0 aliphatic heterocycles. The van der Waals surface area contributed by atoms with Gasteiger partial charge in [-0.05, 0) is 0 Å². The Morgan fingerprint density at radius 3 is 1.00 bits per heavy atom. The van der Waals surface area contributed by atoms with Crippen molar-refractivity contribution in [2.24, 2.45) is 0 Å². The Balaban J connectivity index is -0.0000000400. The average molecular weight is 171 g/mol. The smallest absolute Gasteiger partial charge is 0 e. The van der Waals surface area contributed by atoms with E-state index in [1.54, 1.807) is 13.8 Å². The molecule has 0 aromatic rings.